The van der Waals surface area contributed by atoms with Crippen LogP contribution < -0.4 is 0 Å². The number of fused-ring (bicyclic) bond motifs is 3. The maximum Gasteiger partial charge on any atom is 0.0643 e. The minimum absolute atomic E-state index is 1.17. The SMILES string of the molecule is CN1C=C1c1cccc(-c2cccc3c4c(sc23)C=CCC4)c1. The van der Waals surface area contributed by atoms with Crippen molar-refractivity contribution in [1.29, 1.82) is 0 Å². The quantitative estimate of drug-likeness (QED) is 0.580. The predicted molar refractivity (Wildman–Crippen MR) is 100 cm³/mol. The summed E-state index contributed by atoms with van der Waals surface area (Å²) < 4.78 is 1.43. The molecule has 23 heavy (non-hydrogen) atoms. The van der Waals surface area contributed by atoms with Crippen molar-refractivity contribution in [2.45, 2.75) is 12.8 Å². The van der Waals surface area contributed by atoms with E-state index >= 15 is 0 Å². The van der Waals surface area contributed by atoms with Gasteiger partial charge in [0.2, 0.25) is 0 Å². The van der Waals surface area contributed by atoms with Gasteiger partial charge in [0.1, 0.15) is 0 Å². The largest absolute Gasteiger partial charge is 0.347 e. The van der Waals surface area contributed by atoms with Gasteiger partial charge >= 0.3 is 0 Å². The number of allylic oxidation sites excluding steroid dienone is 1. The molecule has 0 radical (unpaired) electrons. The third kappa shape index (κ3) is 2.06. The summed E-state index contributed by atoms with van der Waals surface area (Å²) in [6.45, 7) is 0. The molecule has 1 nitrogen and oxygen atoms in total. The lowest BCUT2D eigenvalue weighted by atomic mass is 9.97. The van der Waals surface area contributed by atoms with E-state index in [0.29, 0.717) is 0 Å². The molecule has 1 aliphatic heterocycles. The van der Waals surface area contributed by atoms with Crippen LogP contribution in [-0.2, 0) is 6.42 Å². The van der Waals surface area contributed by atoms with Crippen molar-refractivity contribution in [3.05, 3.63) is 70.7 Å². The summed E-state index contributed by atoms with van der Waals surface area (Å²) in [6.07, 6.45) is 9.11. The fourth-order valence-electron chi connectivity index (χ4n) is 3.51. The number of benzene rings is 2. The fraction of sp³-hybridized carbons (Fsp3) is 0.143. The van der Waals surface area contributed by atoms with Gasteiger partial charge in [0.25, 0.3) is 0 Å². The van der Waals surface area contributed by atoms with Crippen LogP contribution in [0.3, 0.4) is 0 Å². The van der Waals surface area contributed by atoms with Crippen LogP contribution in [0.2, 0.25) is 0 Å². The summed E-state index contributed by atoms with van der Waals surface area (Å²) in [6, 6.07) is 15.7. The standard InChI is InChI=1S/C21H17NS/c1-22-13-19(22)15-7-4-6-14(12-15)16-9-5-10-18-17-8-2-3-11-20(17)23-21(16)18/h3-7,9-13H,2,8H2,1H3. The summed E-state index contributed by atoms with van der Waals surface area (Å²) >= 11 is 1.94. The van der Waals surface area contributed by atoms with E-state index in [9.17, 15) is 0 Å². The fourth-order valence-corrected chi connectivity index (χ4v) is 4.82. The molecule has 1 aromatic heterocycles. The lowest BCUT2D eigenvalue weighted by Gasteiger charge is -2.07. The molecular weight excluding hydrogens is 298 g/mol. The molecule has 2 aliphatic rings. The van der Waals surface area contributed by atoms with Crippen molar-refractivity contribution in [2.75, 3.05) is 7.05 Å². The van der Waals surface area contributed by atoms with E-state index in [1.165, 1.54) is 55.8 Å². The molecule has 0 spiro atoms. The Kier molecular flexibility index (Phi) is 2.77. The van der Waals surface area contributed by atoms with Crippen LogP contribution in [0.4, 0.5) is 0 Å². The van der Waals surface area contributed by atoms with E-state index in [-0.39, 0.29) is 0 Å². The van der Waals surface area contributed by atoms with E-state index in [1.807, 2.05) is 11.3 Å². The number of hydrogen-bond acceptors (Lipinski definition) is 2. The second-order valence-corrected chi connectivity index (χ2v) is 7.33. The highest BCUT2D eigenvalue weighted by Gasteiger charge is 2.19. The smallest absolute Gasteiger partial charge is 0.0643 e. The second kappa shape index (κ2) is 4.84. The Bertz CT molecular complexity index is 990. The second-order valence-electron chi connectivity index (χ2n) is 6.27. The average molecular weight is 315 g/mol. The van der Waals surface area contributed by atoms with Crippen molar-refractivity contribution in [3.8, 4) is 11.1 Å². The zero-order valence-corrected chi connectivity index (χ0v) is 13.9. The predicted octanol–water partition coefficient (Wildman–Crippen LogP) is 5.77. The zero-order chi connectivity index (χ0) is 15.4. The van der Waals surface area contributed by atoms with Crippen LogP contribution in [0.15, 0.2) is 54.7 Å². The molecule has 2 aromatic carbocycles. The highest BCUT2D eigenvalue weighted by molar-refractivity contribution is 7.20. The molecule has 0 unspecified atom stereocenters. The van der Waals surface area contributed by atoms with Crippen LogP contribution in [0.1, 0.15) is 22.4 Å². The molecule has 0 saturated heterocycles. The van der Waals surface area contributed by atoms with Crippen molar-refractivity contribution in [2.24, 2.45) is 0 Å². The third-order valence-corrected chi connectivity index (χ3v) is 6.02. The number of hydrogen-bond donors (Lipinski definition) is 0. The molecule has 0 saturated carbocycles. The van der Waals surface area contributed by atoms with Gasteiger partial charge in [-0.3, -0.25) is 0 Å². The van der Waals surface area contributed by atoms with Crippen molar-refractivity contribution in [3.63, 3.8) is 0 Å². The van der Waals surface area contributed by atoms with Gasteiger partial charge in [-0.25, -0.2) is 0 Å². The van der Waals surface area contributed by atoms with E-state index in [4.69, 9.17) is 0 Å². The highest BCUT2D eigenvalue weighted by atomic mass is 32.1. The van der Waals surface area contributed by atoms with Crippen molar-refractivity contribution >= 4 is 33.2 Å². The monoisotopic (exact) mass is 315 g/mol. The minimum atomic E-state index is 1.17. The first kappa shape index (κ1) is 13.1. The van der Waals surface area contributed by atoms with E-state index < -0.39 is 0 Å². The van der Waals surface area contributed by atoms with Crippen molar-refractivity contribution in [1.82, 2.24) is 4.90 Å². The maximum absolute atomic E-state index is 2.32. The first-order valence-electron chi connectivity index (χ1n) is 8.08. The normalized spacial score (nSPS) is 15.7. The van der Waals surface area contributed by atoms with E-state index in [1.54, 1.807) is 0 Å². The molecule has 2 heteroatoms. The van der Waals surface area contributed by atoms with Gasteiger partial charge in [0.05, 0.1) is 5.70 Å². The average Bonchev–Trinajstić information content (AvgIpc) is 3.20. The summed E-state index contributed by atoms with van der Waals surface area (Å²) in [4.78, 5) is 3.62. The van der Waals surface area contributed by atoms with Crippen LogP contribution >= 0.6 is 11.3 Å². The molecule has 1 aliphatic carbocycles. The summed E-state index contributed by atoms with van der Waals surface area (Å²) in [5.74, 6) is 0. The topological polar surface area (TPSA) is 3.01 Å². The molecule has 0 amide bonds. The van der Waals surface area contributed by atoms with Gasteiger partial charge in [-0.1, -0.05) is 42.5 Å². The molecule has 112 valence electrons. The molecule has 2 heterocycles. The molecule has 0 N–H and O–H groups in total. The number of thiophene rings is 1. The van der Waals surface area contributed by atoms with Gasteiger partial charge < -0.3 is 4.90 Å². The Hall–Kier alpha value is -2.32. The van der Waals surface area contributed by atoms with Crippen LogP contribution in [0, 0.1) is 0 Å². The van der Waals surface area contributed by atoms with Gasteiger partial charge in [0.15, 0.2) is 0 Å². The Labute approximate surface area is 140 Å². The minimum Gasteiger partial charge on any atom is -0.347 e. The first-order valence-corrected chi connectivity index (χ1v) is 8.89. The molecule has 5 rings (SSSR count). The Morgan fingerprint density at radius 3 is 2.74 bits per heavy atom. The Morgan fingerprint density at radius 1 is 1.04 bits per heavy atom. The molecule has 0 atom stereocenters. The van der Waals surface area contributed by atoms with Gasteiger partial charge in [-0.15, -0.1) is 11.3 Å². The Balaban J connectivity index is 1.70. The maximum atomic E-state index is 2.32. The zero-order valence-electron chi connectivity index (χ0n) is 13.0. The highest BCUT2D eigenvalue weighted by Crippen LogP contribution is 2.41. The molecule has 0 bridgehead atoms. The van der Waals surface area contributed by atoms with Crippen LogP contribution in [0.25, 0.3) is 33.0 Å². The summed E-state index contributed by atoms with van der Waals surface area (Å²) in [7, 11) is 2.10. The summed E-state index contributed by atoms with van der Waals surface area (Å²) in [5, 5.41) is 1.44. The van der Waals surface area contributed by atoms with Crippen LogP contribution in [-0.4, -0.2) is 11.9 Å². The van der Waals surface area contributed by atoms with Crippen molar-refractivity contribution < 1.29 is 0 Å². The number of rotatable bonds is 2. The molecule has 0 fully saturated rings. The van der Waals surface area contributed by atoms with Gasteiger partial charge in [-0.2, -0.15) is 0 Å². The number of aryl methyl sites for hydroxylation is 1. The first-order chi connectivity index (χ1) is 11.3. The van der Waals surface area contributed by atoms with Gasteiger partial charge in [0, 0.05) is 28.4 Å². The third-order valence-electron chi connectivity index (χ3n) is 4.78. The lowest BCUT2D eigenvalue weighted by molar-refractivity contribution is 0.777. The van der Waals surface area contributed by atoms with E-state index in [2.05, 4.69) is 72.8 Å². The number of nitrogens with zero attached hydrogens (tertiary/aromatic N) is 1. The van der Waals surface area contributed by atoms with E-state index in [0.717, 1.165) is 0 Å². The molecular formula is C21H17NS. The summed E-state index contributed by atoms with van der Waals surface area (Å²) in [5.41, 5.74) is 6.85. The van der Waals surface area contributed by atoms with Crippen LogP contribution in [0.5, 0.6) is 0 Å². The molecule has 3 aromatic rings. The lowest BCUT2D eigenvalue weighted by Crippen LogP contribution is -1.89. The van der Waals surface area contributed by atoms with Gasteiger partial charge in [-0.05, 0) is 47.1 Å². The Morgan fingerprint density at radius 2 is 1.87 bits per heavy atom.